The number of hydrogen-bond acceptors (Lipinski definition) is 3. The Labute approximate surface area is 107 Å². The molecule has 2 heterocycles. The quantitative estimate of drug-likeness (QED) is 0.428. The lowest BCUT2D eigenvalue weighted by Crippen LogP contribution is -2.27. The van der Waals surface area contributed by atoms with Gasteiger partial charge in [-0.1, -0.05) is 12.2 Å². The van der Waals surface area contributed by atoms with E-state index in [9.17, 15) is 9.59 Å². The Morgan fingerprint density at radius 2 is 2.06 bits per heavy atom. The predicted molar refractivity (Wildman–Crippen MR) is 66.2 cm³/mol. The standard InChI is InChI=1S/C14H20O4/c15-9-11-10(12-7-8-13(11)18-12)5-3-1-2-4-6-14(16)17/h1,3,9-13H,2,4-8H2,(H,16,17)/t10-,11+,12-,13+/m0/s1. The highest BCUT2D eigenvalue weighted by Crippen LogP contribution is 2.44. The third-order valence-electron chi connectivity index (χ3n) is 3.98. The van der Waals surface area contributed by atoms with Gasteiger partial charge in [0.2, 0.25) is 0 Å². The fourth-order valence-electron chi connectivity index (χ4n) is 3.05. The van der Waals surface area contributed by atoms with E-state index < -0.39 is 5.97 Å². The summed E-state index contributed by atoms with van der Waals surface area (Å²) < 4.78 is 5.76. The second-order valence-corrected chi connectivity index (χ2v) is 5.16. The summed E-state index contributed by atoms with van der Waals surface area (Å²) in [5, 5.41) is 8.50. The fraction of sp³-hybridized carbons (Fsp3) is 0.714. The minimum absolute atomic E-state index is 0.0624. The highest BCUT2D eigenvalue weighted by atomic mass is 16.5. The van der Waals surface area contributed by atoms with E-state index in [4.69, 9.17) is 9.84 Å². The molecule has 100 valence electrons. The third-order valence-corrected chi connectivity index (χ3v) is 3.98. The van der Waals surface area contributed by atoms with Crippen LogP contribution in [0, 0.1) is 11.8 Å². The Morgan fingerprint density at radius 1 is 1.28 bits per heavy atom. The molecule has 18 heavy (non-hydrogen) atoms. The molecule has 2 saturated heterocycles. The molecule has 4 nitrogen and oxygen atoms in total. The molecule has 2 fully saturated rings. The molecule has 4 atom stereocenters. The lowest BCUT2D eigenvalue weighted by atomic mass is 9.78. The normalized spacial score (nSPS) is 34.2. The molecule has 0 saturated carbocycles. The molecular formula is C14H20O4. The van der Waals surface area contributed by atoms with Crippen molar-refractivity contribution in [2.24, 2.45) is 11.8 Å². The third kappa shape index (κ3) is 2.99. The van der Waals surface area contributed by atoms with Gasteiger partial charge < -0.3 is 14.6 Å². The van der Waals surface area contributed by atoms with Crippen molar-refractivity contribution in [2.75, 3.05) is 0 Å². The van der Waals surface area contributed by atoms with Crippen molar-refractivity contribution in [2.45, 2.75) is 50.7 Å². The first kappa shape index (κ1) is 13.3. The van der Waals surface area contributed by atoms with Gasteiger partial charge in [0.15, 0.2) is 0 Å². The number of aliphatic carboxylic acids is 1. The molecule has 0 unspecified atom stereocenters. The summed E-state index contributed by atoms with van der Waals surface area (Å²) in [5.74, 6) is -0.352. The maximum atomic E-state index is 11.0. The van der Waals surface area contributed by atoms with Gasteiger partial charge in [0.25, 0.3) is 0 Å². The zero-order valence-electron chi connectivity index (χ0n) is 10.5. The number of carboxylic acids is 1. The zero-order chi connectivity index (χ0) is 13.0. The fourth-order valence-corrected chi connectivity index (χ4v) is 3.05. The van der Waals surface area contributed by atoms with Crippen LogP contribution in [0.4, 0.5) is 0 Å². The summed E-state index contributed by atoms with van der Waals surface area (Å²) in [6.45, 7) is 0. The predicted octanol–water partition coefficient (Wildman–Crippen LogP) is 2.18. The second kappa shape index (κ2) is 6.14. The van der Waals surface area contributed by atoms with Gasteiger partial charge in [-0.25, -0.2) is 0 Å². The molecule has 0 aromatic heterocycles. The first-order valence-corrected chi connectivity index (χ1v) is 6.70. The first-order valence-electron chi connectivity index (χ1n) is 6.70. The minimum atomic E-state index is -0.745. The molecule has 2 rings (SSSR count). The van der Waals surface area contributed by atoms with Crippen molar-refractivity contribution >= 4 is 12.3 Å². The van der Waals surface area contributed by atoms with Crippen LogP contribution in [0.2, 0.25) is 0 Å². The van der Waals surface area contributed by atoms with Gasteiger partial charge in [0, 0.05) is 18.3 Å². The van der Waals surface area contributed by atoms with Crippen LogP contribution in [0.25, 0.3) is 0 Å². The monoisotopic (exact) mass is 252 g/mol. The lowest BCUT2D eigenvalue weighted by Gasteiger charge is -2.22. The number of carbonyl (C=O) groups is 2. The molecule has 1 N–H and O–H groups in total. The van der Waals surface area contributed by atoms with Gasteiger partial charge in [-0.2, -0.15) is 0 Å². The number of unbranched alkanes of at least 4 members (excludes halogenated alkanes) is 1. The highest BCUT2D eigenvalue weighted by Gasteiger charge is 2.47. The van der Waals surface area contributed by atoms with Crippen LogP contribution in [0.1, 0.15) is 38.5 Å². The van der Waals surface area contributed by atoms with Crippen molar-refractivity contribution < 1.29 is 19.4 Å². The SMILES string of the molecule is O=C[C@@H]1[C@H](CC=CCCCC(=O)O)[C@@H]2CC[C@H]1O2. The Bertz CT molecular complexity index is 337. The van der Waals surface area contributed by atoms with E-state index in [1.54, 1.807) is 0 Å². The average Bonchev–Trinajstić information content (AvgIpc) is 2.93. The van der Waals surface area contributed by atoms with E-state index in [0.717, 1.165) is 32.0 Å². The number of fused-ring (bicyclic) bond motifs is 2. The number of aldehydes is 1. The van der Waals surface area contributed by atoms with Crippen molar-refractivity contribution in [1.82, 2.24) is 0 Å². The Kier molecular flexibility index (Phi) is 4.53. The van der Waals surface area contributed by atoms with Crippen LogP contribution in [0.3, 0.4) is 0 Å². The lowest BCUT2D eigenvalue weighted by molar-refractivity contribution is -0.137. The van der Waals surface area contributed by atoms with E-state index in [-0.39, 0.29) is 24.5 Å². The molecule has 0 aliphatic carbocycles. The number of allylic oxidation sites excluding steroid dienone is 2. The Morgan fingerprint density at radius 3 is 2.78 bits per heavy atom. The number of carbonyl (C=O) groups excluding carboxylic acids is 1. The Hall–Kier alpha value is -1.16. The molecule has 0 aromatic rings. The molecule has 0 spiro atoms. The van der Waals surface area contributed by atoms with E-state index in [1.807, 2.05) is 6.08 Å². The number of ether oxygens (including phenoxy) is 1. The summed E-state index contributed by atoms with van der Waals surface area (Å²) in [6, 6.07) is 0. The van der Waals surface area contributed by atoms with E-state index >= 15 is 0 Å². The number of rotatable bonds is 7. The molecular weight excluding hydrogens is 232 g/mol. The summed E-state index contributed by atoms with van der Waals surface area (Å²) in [5.41, 5.74) is 0. The van der Waals surface area contributed by atoms with Crippen LogP contribution in [-0.4, -0.2) is 29.6 Å². The van der Waals surface area contributed by atoms with Gasteiger partial charge in [-0.05, 0) is 32.1 Å². The number of hydrogen-bond donors (Lipinski definition) is 1. The maximum absolute atomic E-state index is 11.0. The minimum Gasteiger partial charge on any atom is -0.481 e. The van der Waals surface area contributed by atoms with Gasteiger partial charge in [0.05, 0.1) is 12.2 Å². The van der Waals surface area contributed by atoms with E-state index in [0.29, 0.717) is 12.3 Å². The first-order chi connectivity index (χ1) is 8.72. The zero-order valence-corrected chi connectivity index (χ0v) is 10.5. The van der Waals surface area contributed by atoms with E-state index in [1.165, 1.54) is 0 Å². The summed E-state index contributed by atoms with van der Waals surface area (Å²) in [4.78, 5) is 21.4. The largest absolute Gasteiger partial charge is 0.481 e. The van der Waals surface area contributed by atoms with Gasteiger partial charge in [-0.3, -0.25) is 4.79 Å². The van der Waals surface area contributed by atoms with Crippen molar-refractivity contribution in [3.8, 4) is 0 Å². The van der Waals surface area contributed by atoms with Crippen molar-refractivity contribution in [3.63, 3.8) is 0 Å². The molecule has 2 aliphatic heterocycles. The van der Waals surface area contributed by atoms with Gasteiger partial charge in [0.1, 0.15) is 6.29 Å². The van der Waals surface area contributed by atoms with Gasteiger partial charge in [-0.15, -0.1) is 0 Å². The van der Waals surface area contributed by atoms with Crippen LogP contribution < -0.4 is 0 Å². The van der Waals surface area contributed by atoms with E-state index in [2.05, 4.69) is 6.08 Å². The summed E-state index contributed by atoms with van der Waals surface area (Å²) in [6.07, 6.45) is 10.2. The average molecular weight is 252 g/mol. The molecule has 4 heteroatoms. The van der Waals surface area contributed by atoms with Crippen LogP contribution in [0.5, 0.6) is 0 Å². The number of carboxylic acid groups (broad SMARTS) is 1. The van der Waals surface area contributed by atoms with Gasteiger partial charge >= 0.3 is 5.97 Å². The second-order valence-electron chi connectivity index (χ2n) is 5.16. The molecule has 2 aliphatic rings. The topological polar surface area (TPSA) is 63.6 Å². The smallest absolute Gasteiger partial charge is 0.303 e. The molecule has 0 radical (unpaired) electrons. The highest BCUT2D eigenvalue weighted by molar-refractivity contribution is 5.66. The summed E-state index contributed by atoms with van der Waals surface area (Å²) in [7, 11) is 0. The van der Waals surface area contributed by atoms with Crippen molar-refractivity contribution in [3.05, 3.63) is 12.2 Å². The van der Waals surface area contributed by atoms with Crippen LogP contribution in [-0.2, 0) is 14.3 Å². The molecule has 0 amide bonds. The maximum Gasteiger partial charge on any atom is 0.303 e. The summed E-state index contributed by atoms with van der Waals surface area (Å²) >= 11 is 0. The molecule has 0 aromatic carbocycles. The van der Waals surface area contributed by atoms with Crippen LogP contribution >= 0.6 is 0 Å². The van der Waals surface area contributed by atoms with Crippen molar-refractivity contribution in [1.29, 1.82) is 0 Å². The van der Waals surface area contributed by atoms with Crippen LogP contribution in [0.15, 0.2) is 12.2 Å². The Balaban J connectivity index is 1.71. The molecule has 2 bridgehead atoms.